The van der Waals surface area contributed by atoms with Crippen LogP contribution < -0.4 is 10.6 Å². The Morgan fingerprint density at radius 1 is 1.33 bits per heavy atom. The number of amides is 1. The summed E-state index contributed by atoms with van der Waals surface area (Å²) in [5, 5.41) is 6.65. The van der Waals surface area contributed by atoms with Gasteiger partial charge in [-0.3, -0.25) is 4.99 Å². The second-order valence-corrected chi connectivity index (χ2v) is 8.35. The van der Waals surface area contributed by atoms with Gasteiger partial charge < -0.3 is 24.7 Å². The number of hydrogen-bond acceptors (Lipinski definition) is 5. The summed E-state index contributed by atoms with van der Waals surface area (Å²) in [7, 11) is 1.72. The lowest BCUT2D eigenvalue weighted by atomic mass is 10.1. The zero-order chi connectivity index (χ0) is 21.6. The normalized spacial score (nSPS) is 17.5. The van der Waals surface area contributed by atoms with Crippen LogP contribution in [0.3, 0.4) is 0 Å². The molecule has 1 aromatic carbocycles. The van der Waals surface area contributed by atoms with Crippen molar-refractivity contribution in [3.63, 3.8) is 0 Å². The first-order valence-corrected chi connectivity index (χ1v) is 10.3. The van der Waals surface area contributed by atoms with Crippen LogP contribution in [0.5, 0.6) is 0 Å². The average Bonchev–Trinajstić information content (AvgIpc) is 3.20. The quantitative estimate of drug-likeness (QED) is 0.590. The lowest BCUT2D eigenvalue weighted by molar-refractivity contribution is 0.0193. The van der Waals surface area contributed by atoms with Crippen LogP contribution in [0.25, 0.3) is 11.5 Å². The van der Waals surface area contributed by atoms with E-state index in [9.17, 15) is 4.79 Å². The van der Waals surface area contributed by atoms with E-state index in [-0.39, 0.29) is 12.1 Å². The van der Waals surface area contributed by atoms with Crippen molar-refractivity contribution in [2.45, 2.75) is 51.8 Å². The van der Waals surface area contributed by atoms with Crippen molar-refractivity contribution in [1.29, 1.82) is 0 Å². The van der Waals surface area contributed by atoms with E-state index in [1.54, 1.807) is 18.2 Å². The van der Waals surface area contributed by atoms with Gasteiger partial charge in [0.15, 0.2) is 5.96 Å². The molecule has 1 aliphatic rings. The van der Waals surface area contributed by atoms with Gasteiger partial charge in [-0.2, -0.15) is 0 Å². The highest BCUT2D eigenvalue weighted by Crippen LogP contribution is 2.18. The third-order valence-electron chi connectivity index (χ3n) is 4.65. The van der Waals surface area contributed by atoms with Gasteiger partial charge in [-0.05, 0) is 45.7 Å². The third kappa shape index (κ3) is 6.23. The van der Waals surface area contributed by atoms with Crippen LogP contribution in [0.2, 0.25) is 0 Å². The number of piperidine rings is 1. The molecule has 1 atom stereocenters. The highest BCUT2D eigenvalue weighted by Gasteiger charge is 2.28. The number of hydrogen-bond donors (Lipinski definition) is 2. The lowest BCUT2D eigenvalue weighted by Gasteiger charge is -2.35. The second-order valence-electron chi connectivity index (χ2n) is 8.35. The molecule has 0 aliphatic carbocycles. The summed E-state index contributed by atoms with van der Waals surface area (Å²) in [6.45, 7) is 7.41. The van der Waals surface area contributed by atoms with Crippen molar-refractivity contribution in [2.75, 3.05) is 20.1 Å². The first-order chi connectivity index (χ1) is 14.3. The Morgan fingerprint density at radius 2 is 2.10 bits per heavy atom. The number of benzene rings is 1. The fourth-order valence-corrected chi connectivity index (χ4v) is 3.25. The molecule has 8 nitrogen and oxygen atoms in total. The maximum atomic E-state index is 12.4. The van der Waals surface area contributed by atoms with Gasteiger partial charge in [0, 0.05) is 31.7 Å². The number of oxazole rings is 1. The van der Waals surface area contributed by atoms with Crippen molar-refractivity contribution in [3.05, 3.63) is 42.3 Å². The van der Waals surface area contributed by atoms with E-state index in [0.717, 1.165) is 24.1 Å². The van der Waals surface area contributed by atoms with Crippen molar-refractivity contribution in [1.82, 2.24) is 20.5 Å². The molecule has 30 heavy (non-hydrogen) atoms. The van der Waals surface area contributed by atoms with Crippen LogP contribution >= 0.6 is 0 Å². The van der Waals surface area contributed by atoms with Gasteiger partial charge in [-0.1, -0.05) is 18.2 Å². The van der Waals surface area contributed by atoms with Gasteiger partial charge in [0.2, 0.25) is 5.89 Å². The zero-order valence-corrected chi connectivity index (χ0v) is 18.1. The van der Waals surface area contributed by atoms with Gasteiger partial charge in [-0.25, -0.2) is 9.78 Å². The molecule has 0 radical (unpaired) electrons. The van der Waals surface area contributed by atoms with E-state index in [2.05, 4.69) is 20.6 Å². The molecule has 1 saturated heterocycles. The van der Waals surface area contributed by atoms with Crippen molar-refractivity contribution in [2.24, 2.45) is 4.99 Å². The molecule has 1 aliphatic heterocycles. The summed E-state index contributed by atoms with van der Waals surface area (Å²) in [5.74, 6) is 1.26. The minimum absolute atomic E-state index is 0.106. The predicted octanol–water partition coefficient (Wildman–Crippen LogP) is 3.41. The molecule has 1 aromatic heterocycles. The minimum atomic E-state index is -0.495. The smallest absolute Gasteiger partial charge is 0.410 e. The molecule has 8 heteroatoms. The van der Waals surface area contributed by atoms with Gasteiger partial charge >= 0.3 is 6.09 Å². The number of nitrogens with zero attached hydrogens (tertiary/aromatic N) is 3. The summed E-state index contributed by atoms with van der Waals surface area (Å²) in [5.41, 5.74) is 1.23. The molecule has 1 unspecified atom stereocenters. The van der Waals surface area contributed by atoms with Gasteiger partial charge in [-0.15, -0.1) is 0 Å². The summed E-state index contributed by atoms with van der Waals surface area (Å²) in [6.07, 6.45) is 3.25. The standard InChI is InChI=1S/C22H31N5O3/c1-22(2,3)30-21(28)27-12-8-11-17(14-27)26-20(23-4)24-13-18-15-29-19(25-18)16-9-6-5-7-10-16/h5-7,9-10,15,17H,8,11-14H2,1-4H3,(H2,23,24,26). The fraction of sp³-hybridized carbons (Fsp3) is 0.500. The first-order valence-electron chi connectivity index (χ1n) is 10.3. The molecule has 2 aromatic rings. The zero-order valence-electron chi connectivity index (χ0n) is 18.1. The molecule has 3 rings (SSSR count). The molecule has 162 valence electrons. The molecular formula is C22H31N5O3. The van der Waals surface area contributed by atoms with Crippen molar-refractivity contribution >= 4 is 12.1 Å². The highest BCUT2D eigenvalue weighted by molar-refractivity contribution is 5.80. The third-order valence-corrected chi connectivity index (χ3v) is 4.65. The number of aromatic nitrogens is 1. The molecular weight excluding hydrogens is 382 g/mol. The maximum Gasteiger partial charge on any atom is 0.410 e. The predicted molar refractivity (Wildman–Crippen MR) is 116 cm³/mol. The van der Waals surface area contributed by atoms with E-state index < -0.39 is 5.60 Å². The Hall–Kier alpha value is -3.03. The molecule has 1 amide bonds. The fourth-order valence-electron chi connectivity index (χ4n) is 3.25. The Bertz CT molecular complexity index is 857. The lowest BCUT2D eigenvalue weighted by Crippen LogP contribution is -2.53. The van der Waals surface area contributed by atoms with Crippen LogP contribution in [0.4, 0.5) is 4.79 Å². The Labute approximate surface area is 177 Å². The molecule has 2 heterocycles. The molecule has 0 saturated carbocycles. The Balaban J connectivity index is 1.51. The van der Waals surface area contributed by atoms with Gasteiger partial charge in [0.05, 0.1) is 12.2 Å². The van der Waals surface area contributed by atoms with E-state index in [0.29, 0.717) is 31.5 Å². The van der Waals surface area contributed by atoms with Crippen LogP contribution in [0, 0.1) is 0 Å². The number of rotatable bonds is 4. The summed E-state index contributed by atoms with van der Waals surface area (Å²) in [4.78, 5) is 22.9. The Morgan fingerprint density at radius 3 is 2.80 bits per heavy atom. The van der Waals surface area contributed by atoms with Gasteiger partial charge in [0.1, 0.15) is 11.9 Å². The largest absolute Gasteiger partial charge is 0.444 e. The van der Waals surface area contributed by atoms with Crippen LogP contribution in [0.1, 0.15) is 39.3 Å². The topological polar surface area (TPSA) is 92.0 Å². The molecule has 0 spiro atoms. The molecule has 2 N–H and O–H groups in total. The highest BCUT2D eigenvalue weighted by atomic mass is 16.6. The number of ether oxygens (including phenoxy) is 1. The second kappa shape index (κ2) is 9.65. The number of guanidine groups is 1. The summed E-state index contributed by atoms with van der Waals surface area (Å²) < 4.78 is 11.1. The summed E-state index contributed by atoms with van der Waals surface area (Å²) >= 11 is 0. The van der Waals surface area contributed by atoms with E-state index in [4.69, 9.17) is 9.15 Å². The van der Waals surface area contributed by atoms with Gasteiger partial charge in [0.25, 0.3) is 0 Å². The monoisotopic (exact) mass is 413 g/mol. The maximum absolute atomic E-state index is 12.4. The van der Waals surface area contributed by atoms with Crippen molar-refractivity contribution < 1.29 is 13.9 Å². The van der Waals surface area contributed by atoms with E-state index in [1.807, 2.05) is 51.1 Å². The number of nitrogens with one attached hydrogen (secondary N) is 2. The summed E-state index contributed by atoms with van der Waals surface area (Å²) in [6, 6.07) is 9.89. The van der Waals surface area contributed by atoms with Crippen LogP contribution in [0.15, 0.2) is 46.0 Å². The van der Waals surface area contributed by atoms with Crippen LogP contribution in [-0.4, -0.2) is 53.7 Å². The first kappa shape index (κ1) is 21.7. The van der Waals surface area contributed by atoms with Crippen LogP contribution in [-0.2, 0) is 11.3 Å². The van der Waals surface area contributed by atoms with E-state index in [1.165, 1.54) is 0 Å². The van der Waals surface area contributed by atoms with E-state index >= 15 is 0 Å². The number of carbonyl (C=O) groups is 1. The number of aliphatic imine (C=N–C) groups is 1. The van der Waals surface area contributed by atoms with Crippen molar-refractivity contribution in [3.8, 4) is 11.5 Å². The molecule has 0 bridgehead atoms. The molecule has 1 fully saturated rings. The minimum Gasteiger partial charge on any atom is -0.444 e. The number of likely N-dealkylation sites (tertiary alicyclic amines) is 1. The number of carbonyl (C=O) groups excluding carboxylic acids is 1. The SMILES string of the molecule is CN=C(NCc1coc(-c2ccccc2)n1)NC1CCCN(C(=O)OC(C)(C)C)C1. The Kier molecular flexibility index (Phi) is 6.97. The average molecular weight is 414 g/mol.